The maximum absolute atomic E-state index is 12.4. The average Bonchev–Trinajstić information content (AvgIpc) is 3.01. The average molecular weight is 353 g/mol. The van der Waals surface area contributed by atoms with Crippen molar-refractivity contribution >= 4 is 27.3 Å². The first-order chi connectivity index (χ1) is 10.8. The molecule has 0 radical (unpaired) electrons. The minimum atomic E-state index is -3.65. The van der Waals surface area contributed by atoms with E-state index in [0.717, 1.165) is 4.88 Å². The number of sulfonamides is 1. The van der Waals surface area contributed by atoms with Crippen molar-refractivity contribution in [3.05, 3.63) is 52.2 Å². The second-order valence-corrected chi connectivity index (χ2v) is 7.98. The van der Waals surface area contributed by atoms with E-state index in [1.165, 1.54) is 24.3 Å². The molecule has 1 amide bonds. The molecule has 0 saturated carbocycles. The van der Waals surface area contributed by atoms with E-state index in [0.29, 0.717) is 0 Å². The lowest BCUT2D eigenvalue weighted by Gasteiger charge is -2.23. The highest BCUT2D eigenvalue weighted by Crippen LogP contribution is 2.23. The van der Waals surface area contributed by atoms with Crippen molar-refractivity contribution in [1.82, 2.24) is 9.62 Å². The normalized spacial score (nSPS) is 13.2. The van der Waals surface area contributed by atoms with Crippen LogP contribution >= 0.6 is 11.3 Å². The zero-order valence-electron chi connectivity index (χ0n) is 12.9. The minimum Gasteiger partial charge on any atom is -0.366 e. The van der Waals surface area contributed by atoms with Crippen LogP contribution < -0.4 is 10.5 Å². The van der Waals surface area contributed by atoms with E-state index in [9.17, 15) is 13.2 Å². The second kappa shape index (κ2) is 7.22. The van der Waals surface area contributed by atoms with Crippen molar-refractivity contribution in [2.24, 2.45) is 5.73 Å². The Morgan fingerprint density at radius 1 is 1.26 bits per heavy atom. The van der Waals surface area contributed by atoms with E-state index in [4.69, 9.17) is 5.73 Å². The summed E-state index contributed by atoms with van der Waals surface area (Å²) in [5.41, 5.74) is 5.42. The van der Waals surface area contributed by atoms with Crippen LogP contribution in [0.1, 0.15) is 21.3 Å². The summed E-state index contributed by atoms with van der Waals surface area (Å²) in [6, 6.07) is 9.42. The number of nitrogens with two attached hydrogens (primary N) is 1. The fourth-order valence-electron chi connectivity index (χ4n) is 2.09. The van der Waals surface area contributed by atoms with Gasteiger partial charge < -0.3 is 10.6 Å². The van der Waals surface area contributed by atoms with Crippen LogP contribution in [0.2, 0.25) is 0 Å². The molecule has 1 aromatic carbocycles. The van der Waals surface area contributed by atoms with Crippen molar-refractivity contribution in [2.75, 3.05) is 20.6 Å². The first-order valence-electron chi connectivity index (χ1n) is 6.90. The third-order valence-electron chi connectivity index (χ3n) is 3.41. The predicted molar refractivity (Wildman–Crippen MR) is 90.9 cm³/mol. The maximum atomic E-state index is 12.4. The molecule has 8 heteroatoms. The number of hydrogen-bond acceptors (Lipinski definition) is 5. The number of carbonyl (C=O) groups excluding carboxylic acids is 1. The van der Waals surface area contributed by atoms with Gasteiger partial charge in [-0.2, -0.15) is 0 Å². The molecule has 6 nitrogen and oxygen atoms in total. The van der Waals surface area contributed by atoms with E-state index in [-0.39, 0.29) is 23.0 Å². The lowest BCUT2D eigenvalue weighted by Crippen LogP contribution is -2.34. The molecule has 2 rings (SSSR count). The Morgan fingerprint density at radius 3 is 2.39 bits per heavy atom. The smallest absolute Gasteiger partial charge is 0.248 e. The van der Waals surface area contributed by atoms with Gasteiger partial charge in [0.1, 0.15) is 0 Å². The van der Waals surface area contributed by atoms with E-state index in [1.807, 2.05) is 36.5 Å². The molecule has 0 saturated heterocycles. The number of benzene rings is 1. The van der Waals surface area contributed by atoms with Gasteiger partial charge in [0.05, 0.1) is 10.9 Å². The first-order valence-corrected chi connectivity index (χ1v) is 9.27. The predicted octanol–water partition coefficient (Wildman–Crippen LogP) is 1.43. The SMILES string of the molecule is CN(C)C(CNS(=O)(=O)c1ccc(C(N)=O)cc1)c1cccs1. The molecule has 0 aliphatic carbocycles. The van der Waals surface area contributed by atoms with Crippen LogP contribution in [0.4, 0.5) is 0 Å². The van der Waals surface area contributed by atoms with Gasteiger partial charge in [-0.25, -0.2) is 13.1 Å². The highest BCUT2D eigenvalue weighted by Gasteiger charge is 2.20. The Bertz CT molecular complexity index is 754. The maximum Gasteiger partial charge on any atom is 0.248 e. The van der Waals surface area contributed by atoms with E-state index in [2.05, 4.69) is 4.72 Å². The van der Waals surface area contributed by atoms with Gasteiger partial charge in [-0.3, -0.25) is 4.79 Å². The molecule has 1 unspecified atom stereocenters. The number of rotatable bonds is 7. The van der Waals surface area contributed by atoms with E-state index in [1.54, 1.807) is 11.3 Å². The third-order valence-corrected chi connectivity index (χ3v) is 5.82. The van der Waals surface area contributed by atoms with Gasteiger partial charge in [0.25, 0.3) is 0 Å². The summed E-state index contributed by atoms with van der Waals surface area (Å²) in [5.74, 6) is -0.590. The van der Waals surface area contributed by atoms with Crippen molar-refractivity contribution in [2.45, 2.75) is 10.9 Å². The monoisotopic (exact) mass is 353 g/mol. The molecule has 1 aromatic heterocycles. The first kappa shape index (κ1) is 17.6. The number of nitrogens with zero attached hydrogens (tertiary/aromatic N) is 1. The summed E-state index contributed by atoms with van der Waals surface area (Å²) in [6.45, 7) is 0.257. The number of hydrogen-bond donors (Lipinski definition) is 2. The van der Waals surface area contributed by atoms with Crippen LogP contribution in [0.3, 0.4) is 0 Å². The molecule has 0 aliphatic heterocycles. The van der Waals surface area contributed by atoms with Crippen LogP contribution in [0.5, 0.6) is 0 Å². The summed E-state index contributed by atoms with van der Waals surface area (Å²) < 4.78 is 27.3. The minimum absolute atomic E-state index is 0.0466. The molecule has 1 heterocycles. The summed E-state index contributed by atoms with van der Waals surface area (Å²) in [7, 11) is 0.160. The summed E-state index contributed by atoms with van der Waals surface area (Å²) in [4.78, 5) is 14.2. The highest BCUT2D eigenvalue weighted by molar-refractivity contribution is 7.89. The molecule has 23 heavy (non-hydrogen) atoms. The van der Waals surface area contributed by atoms with Crippen LogP contribution in [0.15, 0.2) is 46.7 Å². The van der Waals surface area contributed by atoms with Crippen LogP contribution in [-0.4, -0.2) is 39.9 Å². The standard InChI is InChI=1S/C15H19N3O3S2/c1-18(2)13(14-4-3-9-22-14)10-17-23(20,21)12-7-5-11(6-8-12)15(16)19/h3-9,13,17H,10H2,1-2H3,(H2,16,19). The Kier molecular flexibility index (Phi) is 5.53. The summed E-state index contributed by atoms with van der Waals surface area (Å²) >= 11 is 1.58. The Morgan fingerprint density at radius 2 is 1.91 bits per heavy atom. The Hall–Kier alpha value is -1.74. The molecule has 124 valence electrons. The topological polar surface area (TPSA) is 92.5 Å². The lowest BCUT2D eigenvalue weighted by molar-refractivity contribution is 0.1000. The molecule has 0 aliphatic rings. The van der Waals surface area contributed by atoms with Crippen molar-refractivity contribution in [3.8, 4) is 0 Å². The van der Waals surface area contributed by atoms with Gasteiger partial charge in [-0.1, -0.05) is 6.07 Å². The Labute approximate surface area is 140 Å². The van der Waals surface area contributed by atoms with Crippen LogP contribution in [-0.2, 0) is 10.0 Å². The number of amides is 1. The number of likely N-dealkylation sites (N-methyl/N-ethyl adjacent to an activating group) is 1. The number of carbonyl (C=O) groups is 1. The summed E-state index contributed by atoms with van der Waals surface area (Å²) in [6.07, 6.45) is 0. The van der Waals surface area contributed by atoms with Gasteiger partial charge in [0.15, 0.2) is 0 Å². The quantitative estimate of drug-likeness (QED) is 0.787. The number of nitrogens with one attached hydrogen (secondary N) is 1. The fraction of sp³-hybridized carbons (Fsp3) is 0.267. The van der Waals surface area contributed by atoms with E-state index < -0.39 is 15.9 Å². The summed E-state index contributed by atoms with van der Waals surface area (Å²) in [5, 5.41) is 1.96. The molecular weight excluding hydrogens is 334 g/mol. The van der Waals surface area contributed by atoms with Crippen molar-refractivity contribution in [1.29, 1.82) is 0 Å². The third kappa shape index (κ3) is 4.38. The van der Waals surface area contributed by atoms with Gasteiger partial charge in [0, 0.05) is 17.0 Å². The molecule has 1 atom stereocenters. The van der Waals surface area contributed by atoms with Gasteiger partial charge in [0.2, 0.25) is 15.9 Å². The largest absolute Gasteiger partial charge is 0.366 e. The molecular formula is C15H19N3O3S2. The molecule has 0 bridgehead atoms. The van der Waals surface area contributed by atoms with Gasteiger partial charge >= 0.3 is 0 Å². The number of primary amides is 1. The van der Waals surface area contributed by atoms with Crippen molar-refractivity contribution in [3.63, 3.8) is 0 Å². The molecule has 0 fully saturated rings. The number of thiophene rings is 1. The zero-order chi connectivity index (χ0) is 17.0. The zero-order valence-corrected chi connectivity index (χ0v) is 14.5. The molecule has 0 spiro atoms. The molecule has 2 aromatic rings. The van der Waals surface area contributed by atoms with Gasteiger partial charge in [-0.05, 0) is 49.8 Å². The van der Waals surface area contributed by atoms with Gasteiger partial charge in [-0.15, -0.1) is 11.3 Å². The second-order valence-electron chi connectivity index (χ2n) is 5.24. The van der Waals surface area contributed by atoms with Crippen molar-refractivity contribution < 1.29 is 13.2 Å². The molecule has 3 N–H and O–H groups in total. The van der Waals surface area contributed by atoms with Crippen LogP contribution in [0, 0.1) is 0 Å². The fourth-order valence-corrected chi connectivity index (χ4v) is 4.05. The van der Waals surface area contributed by atoms with Crippen LogP contribution in [0.25, 0.3) is 0 Å². The highest BCUT2D eigenvalue weighted by atomic mass is 32.2. The Balaban J connectivity index is 2.12. The van der Waals surface area contributed by atoms with E-state index >= 15 is 0 Å². The lowest BCUT2D eigenvalue weighted by atomic mass is 10.2.